The van der Waals surface area contributed by atoms with Crippen molar-refractivity contribution in [3.8, 4) is 0 Å². The van der Waals surface area contributed by atoms with Crippen molar-refractivity contribution in [1.29, 1.82) is 0 Å². The lowest BCUT2D eigenvalue weighted by molar-refractivity contribution is -0.0209. The predicted molar refractivity (Wildman–Crippen MR) is 74.7 cm³/mol. The third-order valence-electron chi connectivity index (χ3n) is 3.96. The molecule has 0 bridgehead atoms. The van der Waals surface area contributed by atoms with Crippen LogP contribution in [0.5, 0.6) is 0 Å². The highest BCUT2D eigenvalue weighted by molar-refractivity contribution is 5.32. The number of aryl methyl sites for hydroxylation is 2. The first kappa shape index (κ1) is 13.5. The molecule has 2 unspecified atom stereocenters. The lowest BCUT2D eigenvalue weighted by atomic mass is 9.98. The molecular weight excluding hydrogens is 224 g/mol. The van der Waals surface area contributed by atoms with Gasteiger partial charge in [-0.15, -0.1) is 0 Å². The normalized spacial score (nSPS) is 23.0. The Morgan fingerprint density at radius 1 is 1.39 bits per heavy atom. The van der Waals surface area contributed by atoms with E-state index in [9.17, 15) is 0 Å². The van der Waals surface area contributed by atoms with Crippen LogP contribution in [0.2, 0.25) is 0 Å². The predicted octanol–water partition coefficient (Wildman–Crippen LogP) is 2.02. The van der Waals surface area contributed by atoms with Crippen molar-refractivity contribution in [2.45, 2.75) is 32.9 Å². The number of nitrogens with zero attached hydrogens (tertiary/aromatic N) is 1. The average molecular weight is 248 g/mol. The summed E-state index contributed by atoms with van der Waals surface area (Å²) >= 11 is 0. The van der Waals surface area contributed by atoms with Crippen LogP contribution in [0.15, 0.2) is 18.2 Å². The minimum Gasteiger partial charge on any atom is -0.379 e. The van der Waals surface area contributed by atoms with E-state index in [1.54, 1.807) is 0 Å². The molecule has 2 N–H and O–H groups in total. The second-order valence-corrected chi connectivity index (χ2v) is 5.26. The van der Waals surface area contributed by atoms with Crippen molar-refractivity contribution in [2.24, 2.45) is 5.73 Å². The van der Waals surface area contributed by atoms with E-state index >= 15 is 0 Å². The molecule has 2 rings (SSSR count). The zero-order valence-electron chi connectivity index (χ0n) is 11.6. The fourth-order valence-electron chi connectivity index (χ4n) is 2.64. The second kappa shape index (κ2) is 5.83. The molecule has 1 aliphatic rings. The van der Waals surface area contributed by atoms with Gasteiger partial charge in [-0.05, 0) is 37.5 Å². The smallest absolute Gasteiger partial charge is 0.0620 e. The summed E-state index contributed by atoms with van der Waals surface area (Å²) in [6.45, 7) is 9.77. The van der Waals surface area contributed by atoms with Gasteiger partial charge in [0.25, 0.3) is 0 Å². The largest absolute Gasteiger partial charge is 0.379 e. The molecule has 1 aromatic rings. The Hall–Kier alpha value is -0.900. The van der Waals surface area contributed by atoms with Crippen molar-refractivity contribution in [3.05, 3.63) is 34.9 Å². The second-order valence-electron chi connectivity index (χ2n) is 5.26. The number of hydrogen-bond acceptors (Lipinski definition) is 3. The molecule has 1 heterocycles. The van der Waals surface area contributed by atoms with E-state index in [-0.39, 0.29) is 0 Å². The van der Waals surface area contributed by atoms with Gasteiger partial charge in [-0.2, -0.15) is 0 Å². The zero-order valence-corrected chi connectivity index (χ0v) is 11.6. The molecule has 0 aliphatic carbocycles. The third-order valence-corrected chi connectivity index (χ3v) is 3.96. The molecule has 0 amide bonds. The maximum absolute atomic E-state index is 6.00. The number of morpholine rings is 1. The van der Waals surface area contributed by atoms with E-state index in [2.05, 4.69) is 43.9 Å². The Morgan fingerprint density at radius 2 is 2.17 bits per heavy atom. The highest BCUT2D eigenvalue weighted by Crippen LogP contribution is 2.25. The van der Waals surface area contributed by atoms with Gasteiger partial charge in [0.15, 0.2) is 0 Å². The number of hydrogen-bond donors (Lipinski definition) is 1. The number of benzene rings is 1. The molecule has 18 heavy (non-hydrogen) atoms. The Labute approximate surface area is 110 Å². The van der Waals surface area contributed by atoms with Crippen molar-refractivity contribution in [3.63, 3.8) is 0 Å². The molecule has 0 radical (unpaired) electrons. The van der Waals surface area contributed by atoms with Gasteiger partial charge in [0.2, 0.25) is 0 Å². The first-order valence-electron chi connectivity index (χ1n) is 6.74. The van der Waals surface area contributed by atoms with E-state index in [0.29, 0.717) is 18.6 Å². The van der Waals surface area contributed by atoms with Crippen LogP contribution >= 0.6 is 0 Å². The van der Waals surface area contributed by atoms with Gasteiger partial charge in [0.1, 0.15) is 0 Å². The Kier molecular flexibility index (Phi) is 4.38. The van der Waals surface area contributed by atoms with Gasteiger partial charge in [-0.25, -0.2) is 0 Å². The number of rotatable bonds is 3. The van der Waals surface area contributed by atoms with Gasteiger partial charge in [-0.1, -0.05) is 18.2 Å². The summed E-state index contributed by atoms with van der Waals surface area (Å²) in [6.07, 6.45) is 0. The first-order valence-corrected chi connectivity index (χ1v) is 6.74. The fraction of sp³-hybridized carbons (Fsp3) is 0.600. The fourth-order valence-corrected chi connectivity index (χ4v) is 2.64. The van der Waals surface area contributed by atoms with E-state index in [1.165, 1.54) is 16.7 Å². The molecule has 3 nitrogen and oxygen atoms in total. The van der Waals surface area contributed by atoms with Crippen molar-refractivity contribution in [2.75, 3.05) is 26.3 Å². The standard InChI is InChI=1S/C15H24N2O/c1-11-4-5-14(8-12(11)2)15(9-16)17-6-7-18-10-13(17)3/h4-5,8,13,15H,6-7,9-10,16H2,1-3H3. The summed E-state index contributed by atoms with van der Waals surface area (Å²) in [5.41, 5.74) is 10.0. The van der Waals surface area contributed by atoms with E-state index in [0.717, 1.165) is 19.8 Å². The monoisotopic (exact) mass is 248 g/mol. The molecule has 3 heteroatoms. The molecule has 1 saturated heterocycles. The van der Waals surface area contributed by atoms with Crippen LogP contribution in [0.25, 0.3) is 0 Å². The highest BCUT2D eigenvalue weighted by Gasteiger charge is 2.26. The van der Waals surface area contributed by atoms with E-state index in [4.69, 9.17) is 10.5 Å². The quantitative estimate of drug-likeness (QED) is 0.889. The Balaban J connectivity index is 2.23. The van der Waals surface area contributed by atoms with Crippen LogP contribution in [0.4, 0.5) is 0 Å². The van der Waals surface area contributed by atoms with Gasteiger partial charge in [0.05, 0.1) is 13.2 Å². The van der Waals surface area contributed by atoms with Gasteiger partial charge in [-0.3, -0.25) is 4.90 Å². The lowest BCUT2D eigenvalue weighted by Crippen LogP contribution is -2.47. The van der Waals surface area contributed by atoms with Gasteiger partial charge >= 0.3 is 0 Å². The third kappa shape index (κ3) is 2.74. The Morgan fingerprint density at radius 3 is 2.78 bits per heavy atom. The van der Waals surface area contributed by atoms with Crippen molar-refractivity contribution in [1.82, 2.24) is 4.90 Å². The Bertz CT molecular complexity index is 405. The minimum atomic E-state index is 0.309. The molecule has 1 aromatic carbocycles. The molecule has 100 valence electrons. The summed E-state index contributed by atoms with van der Waals surface area (Å²) in [5, 5.41) is 0. The summed E-state index contributed by atoms with van der Waals surface area (Å²) in [7, 11) is 0. The van der Waals surface area contributed by atoms with Crippen molar-refractivity contribution < 1.29 is 4.74 Å². The maximum atomic E-state index is 6.00. The summed E-state index contributed by atoms with van der Waals surface area (Å²) < 4.78 is 5.50. The van der Waals surface area contributed by atoms with E-state index in [1.807, 2.05) is 0 Å². The zero-order chi connectivity index (χ0) is 13.1. The topological polar surface area (TPSA) is 38.5 Å². The van der Waals surface area contributed by atoms with Crippen molar-refractivity contribution >= 4 is 0 Å². The van der Waals surface area contributed by atoms with Crippen LogP contribution in [0.1, 0.15) is 29.7 Å². The van der Waals surface area contributed by atoms with Gasteiger partial charge in [0, 0.05) is 25.2 Å². The highest BCUT2D eigenvalue weighted by atomic mass is 16.5. The minimum absolute atomic E-state index is 0.309. The molecule has 0 saturated carbocycles. The SMILES string of the molecule is Cc1ccc(C(CN)N2CCOCC2C)cc1C. The van der Waals surface area contributed by atoms with E-state index < -0.39 is 0 Å². The molecule has 2 atom stereocenters. The first-order chi connectivity index (χ1) is 8.63. The number of ether oxygens (including phenoxy) is 1. The molecule has 0 aromatic heterocycles. The summed E-state index contributed by atoms with van der Waals surface area (Å²) in [4.78, 5) is 2.47. The van der Waals surface area contributed by atoms with Crippen LogP contribution in [-0.4, -0.2) is 37.2 Å². The van der Waals surface area contributed by atoms with Gasteiger partial charge < -0.3 is 10.5 Å². The molecule has 0 spiro atoms. The molecule has 1 aliphatic heterocycles. The van der Waals surface area contributed by atoms with Crippen LogP contribution in [-0.2, 0) is 4.74 Å². The number of nitrogens with two attached hydrogens (primary N) is 1. The summed E-state index contributed by atoms with van der Waals surface area (Å²) in [6, 6.07) is 7.42. The van der Waals surface area contributed by atoms with Crippen LogP contribution in [0, 0.1) is 13.8 Å². The maximum Gasteiger partial charge on any atom is 0.0620 e. The average Bonchev–Trinajstić information content (AvgIpc) is 2.37. The van der Waals surface area contributed by atoms with Crippen LogP contribution in [0.3, 0.4) is 0 Å². The lowest BCUT2D eigenvalue weighted by Gasteiger charge is -2.39. The molecular formula is C15H24N2O. The van der Waals surface area contributed by atoms with Crippen LogP contribution < -0.4 is 5.73 Å². The molecule has 1 fully saturated rings. The summed E-state index contributed by atoms with van der Waals surface area (Å²) in [5.74, 6) is 0.